The van der Waals surface area contributed by atoms with Gasteiger partial charge in [0.05, 0.1) is 0 Å². The predicted octanol–water partition coefficient (Wildman–Crippen LogP) is 1.96. The summed E-state index contributed by atoms with van der Waals surface area (Å²) < 4.78 is 0. The summed E-state index contributed by atoms with van der Waals surface area (Å²) in [7, 11) is 0. The Labute approximate surface area is 99.8 Å². The van der Waals surface area contributed by atoms with Crippen LogP contribution in [0.3, 0.4) is 0 Å². The average molecular weight is 222 g/mol. The summed E-state index contributed by atoms with van der Waals surface area (Å²) in [5.74, 6) is 3.80. The lowest BCUT2D eigenvalue weighted by Crippen LogP contribution is -2.49. The van der Waals surface area contributed by atoms with E-state index in [0.29, 0.717) is 0 Å². The van der Waals surface area contributed by atoms with E-state index in [1.54, 1.807) is 0 Å². The highest BCUT2D eigenvalue weighted by atomic mass is 15.2. The van der Waals surface area contributed by atoms with Gasteiger partial charge in [-0.05, 0) is 56.5 Å². The molecule has 2 heterocycles. The molecule has 3 fully saturated rings. The van der Waals surface area contributed by atoms with E-state index in [4.69, 9.17) is 0 Å². The Hall–Kier alpha value is -0.0800. The van der Waals surface area contributed by atoms with Crippen molar-refractivity contribution in [3.8, 4) is 0 Å². The largest absolute Gasteiger partial charge is 0.316 e. The van der Waals surface area contributed by atoms with Crippen molar-refractivity contribution in [2.45, 2.75) is 45.7 Å². The van der Waals surface area contributed by atoms with Gasteiger partial charge in [-0.25, -0.2) is 0 Å². The molecule has 2 aliphatic heterocycles. The van der Waals surface area contributed by atoms with E-state index in [-0.39, 0.29) is 0 Å². The lowest BCUT2D eigenvalue weighted by atomic mass is 9.73. The number of nitrogens with one attached hydrogen (secondary N) is 1. The van der Waals surface area contributed by atoms with Crippen LogP contribution in [0.25, 0.3) is 0 Å². The molecule has 0 spiro atoms. The molecular formula is C14H26N2. The van der Waals surface area contributed by atoms with Crippen molar-refractivity contribution >= 4 is 0 Å². The zero-order chi connectivity index (χ0) is 11.3. The first-order valence-corrected chi connectivity index (χ1v) is 7.13. The van der Waals surface area contributed by atoms with Crippen LogP contribution in [-0.4, -0.2) is 36.6 Å². The average Bonchev–Trinajstić information content (AvgIpc) is 2.68. The first-order chi connectivity index (χ1) is 7.66. The first-order valence-electron chi connectivity index (χ1n) is 7.13. The maximum atomic E-state index is 3.55. The van der Waals surface area contributed by atoms with E-state index in [0.717, 1.165) is 35.8 Å². The van der Waals surface area contributed by atoms with Gasteiger partial charge >= 0.3 is 0 Å². The molecule has 0 bridgehead atoms. The Morgan fingerprint density at radius 2 is 1.94 bits per heavy atom. The second-order valence-electron chi connectivity index (χ2n) is 6.65. The third-order valence-electron chi connectivity index (χ3n) is 5.54. The number of likely N-dealkylation sites (tertiary alicyclic amines) is 1. The minimum Gasteiger partial charge on any atom is -0.316 e. The highest BCUT2D eigenvalue weighted by molar-refractivity contribution is 5.01. The predicted molar refractivity (Wildman–Crippen MR) is 67.4 cm³/mol. The molecule has 92 valence electrons. The SMILES string of the molecule is CC(C)C1CC(N2CC3CNCC3C2C)C1. The molecule has 0 radical (unpaired) electrons. The van der Waals surface area contributed by atoms with Crippen molar-refractivity contribution in [3.63, 3.8) is 0 Å². The van der Waals surface area contributed by atoms with Gasteiger partial charge in [0.15, 0.2) is 0 Å². The lowest BCUT2D eigenvalue weighted by molar-refractivity contribution is 0.0436. The highest BCUT2D eigenvalue weighted by Crippen LogP contribution is 2.42. The molecule has 0 aromatic carbocycles. The fourth-order valence-corrected chi connectivity index (χ4v) is 4.13. The maximum absolute atomic E-state index is 3.55. The number of rotatable bonds is 2. The van der Waals surface area contributed by atoms with Crippen LogP contribution in [0.4, 0.5) is 0 Å². The van der Waals surface area contributed by atoms with Crippen LogP contribution in [0.15, 0.2) is 0 Å². The van der Waals surface area contributed by atoms with Crippen molar-refractivity contribution in [1.82, 2.24) is 10.2 Å². The summed E-state index contributed by atoms with van der Waals surface area (Å²) in [4.78, 5) is 2.83. The second-order valence-corrected chi connectivity index (χ2v) is 6.65. The quantitative estimate of drug-likeness (QED) is 0.768. The summed E-state index contributed by atoms with van der Waals surface area (Å²) >= 11 is 0. The summed E-state index contributed by atoms with van der Waals surface area (Å²) in [5, 5.41) is 3.55. The van der Waals surface area contributed by atoms with Gasteiger partial charge in [0.25, 0.3) is 0 Å². The molecule has 0 amide bonds. The van der Waals surface area contributed by atoms with Crippen molar-refractivity contribution in [2.75, 3.05) is 19.6 Å². The standard InChI is InChI=1S/C14H26N2/c1-9(2)11-4-13(5-11)16-8-12-6-15-7-14(12)10(16)3/h9-15H,4-8H2,1-3H3. The Bertz CT molecular complexity index is 257. The number of fused-ring (bicyclic) bond motifs is 1. The molecule has 16 heavy (non-hydrogen) atoms. The van der Waals surface area contributed by atoms with Crippen LogP contribution in [0.2, 0.25) is 0 Å². The van der Waals surface area contributed by atoms with Gasteiger partial charge < -0.3 is 5.32 Å². The van der Waals surface area contributed by atoms with Crippen molar-refractivity contribution in [3.05, 3.63) is 0 Å². The van der Waals surface area contributed by atoms with Gasteiger partial charge in [0, 0.05) is 18.6 Å². The van der Waals surface area contributed by atoms with Crippen molar-refractivity contribution < 1.29 is 0 Å². The van der Waals surface area contributed by atoms with Crippen molar-refractivity contribution in [1.29, 1.82) is 0 Å². The fraction of sp³-hybridized carbons (Fsp3) is 1.00. The fourth-order valence-electron chi connectivity index (χ4n) is 4.13. The molecule has 0 aromatic heterocycles. The molecule has 3 aliphatic rings. The zero-order valence-electron chi connectivity index (χ0n) is 10.9. The Kier molecular flexibility index (Phi) is 2.75. The number of hydrogen-bond donors (Lipinski definition) is 1. The van der Waals surface area contributed by atoms with Gasteiger partial charge in [0.1, 0.15) is 0 Å². The molecule has 3 unspecified atom stereocenters. The van der Waals surface area contributed by atoms with Crippen LogP contribution >= 0.6 is 0 Å². The lowest BCUT2D eigenvalue weighted by Gasteiger charge is -2.45. The number of hydrogen-bond acceptors (Lipinski definition) is 2. The Morgan fingerprint density at radius 3 is 2.56 bits per heavy atom. The molecule has 0 aromatic rings. The normalized spacial score (nSPS) is 48.4. The summed E-state index contributed by atoms with van der Waals surface area (Å²) in [6.45, 7) is 11.1. The van der Waals surface area contributed by atoms with Crippen LogP contribution in [0.1, 0.15) is 33.6 Å². The van der Waals surface area contributed by atoms with E-state index >= 15 is 0 Å². The van der Waals surface area contributed by atoms with Crippen LogP contribution in [-0.2, 0) is 0 Å². The smallest absolute Gasteiger partial charge is 0.0114 e. The minimum absolute atomic E-state index is 0.832. The summed E-state index contributed by atoms with van der Waals surface area (Å²) in [5.41, 5.74) is 0. The summed E-state index contributed by atoms with van der Waals surface area (Å²) in [6.07, 6.45) is 2.93. The van der Waals surface area contributed by atoms with Gasteiger partial charge in [-0.3, -0.25) is 4.90 Å². The molecule has 1 saturated carbocycles. The first kappa shape index (κ1) is 11.0. The Morgan fingerprint density at radius 1 is 1.19 bits per heavy atom. The van der Waals surface area contributed by atoms with E-state index in [9.17, 15) is 0 Å². The van der Waals surface area contributed by atoms with E-state index < -0.39 is 0 Å². The number of nitrogens with zero attached hydrogens (tertiary/aromatic N) is 1. The molecule has 2 heteroatoms. The van der Waals surface area contributed by atoms with Crippen LogP contribution < -0.4 is 5.32 Å². The van der Waals surface area contributed by atoms with E-state index in [2.05, 4.69) is 31.0 Å². The van der Waals surface area contributed by atoms with Gasteiger partial charge in [0.2, 0.25) is 0 Å². The third-order valence-corrected chi connectivity index (χ3v) is 5.54. The topological polar surface area (TPSA) is 15.3 Å². The zero-order valence-corrected chi connectivity index (χ0v) is 10.9. The molecule has 3 atom stereocenters. The summed E-state index contributed by atoms with van der Waals surface area (Å²) in [6, 6.07) is 1.76. The molecule has 1 N–H and O–H groups in total. The molecular weight excluding hydrogens is 196 g/mol. The molecule has 2 saturated heterocycles. The van der Waals surface area contributed by atoms with Crippen LogP contribution in [0, 0.1) is 23.7 Å². The van der Waals surface area contributed by atoms with Crippen molar-refractivity contribution in [2.24, 2.45) is 23.7 Å². The highest BCUT2D eigenvalue weighted by Gasteiger charge is 2.47. The molecule has 1 aliphatic carbocycles. The van der Waals surface area contributed by atoms with Gasteiger partial charge in [-0.1, -0.05) is 13.8 Å². The van der Waals surface area contributed by atoms with Crippen LogP contribution in [0.5, 0.6) is 0 Å². The molecule has 3 rings (SSSR count). The monoisotopic (exact) mass is 222 g/mol. The minimum atomic E-state index is 0.832. The molecule has 2 nitrogen and oxygen atoms in total. The Balaban J connectivity index is 1.58. The van der Waals surface area contributed by atoms with E-state index in [1.807, 2.05) is 0 Å². The third kappa shape index (κ3) is 1.62. The maximum Gasteiger partial charge on any atom is 0.0114 e. The van der Waals surface area contributed by atoms with Gasteiger partial charge in [-0.2, -0.15) is 0 Å². The van der Waals surface area contributed by atoms with E-state index in [1.165, 1.54) is 32.5 Å². The van der Waals surface area contributed by atoms with Gasteiger partial charge in [-0.15, -0.1) is 0 Å². The second kappa shape index (κ2) is 3.99.